The molecular weight excluding hydrogens is 366 g/mol. The van der Waals surface area contributed by atoms with Gasteiger partial charge in [0.15, 0.2) is 0 Å². The second-order valence-electron chi connectivity index (χ2n) is 6.37. The zero-order valence-corrected chi connectivity index (χ0v) is 15.8. The molecule has 29 heavy (non-hydrogen) atoms. The summed E-state index contributed by atoms with van der Waals surface area (Å²) in [6, 6.07) is 17.9. The van der Waals surface area contributed by atoms with E-state index in [1.54, 1.807) is 36.5 Å². The molecule has 0 saturated carbocycles. The molecule has 0 spiro atoms. The number of esters is 1. The lowest BCUT2D eigenvalue weighted by atomic mass is 10.0. The van der Waals surface area contributed by atoms with Crippen LogP contribution in [0.25, 0.3) is 17.0 Å². The molecule has 3 aromatic rings. The summed E-state index contributed by atoms with van der Waals surface area (Å²) in [6.07, 6.45) is 4.68. The number of carbonyl (C=O) groups excluding carboxylic acids is 2. The second kappa shape index (κ2) is 9.29. The average molecular weight is 385 g/mol. The third kappa shape index (κ3) is 5.27. The Labute approximate surface area is 168 Å². The topological polar surface area (TPSA) is 92.1 Å². The van der Waals surface area contributed by atoms with Crippen LogP contribution in [0, 0.1) is 11.3 Å². The maximum Gasteiger partial charge on any atom is 0.307 e. The fraction of sp³-hybridized carbons (Fsp3) is 0.130. The van der Waals surface area contributed by atoms with Gasteiger partial charge in [-0.15, -0.1) is 0 Å². The molecular formula is C23H19N3O3. The van der Waals surface area contributed by atoms with Crippen molar-refractivity contribution in [1.82, 2.24) is 10.3 Å². The smallest absolute Gasteiger partial charge is 0.307 e. The van der Waals surface area contributed by atoms with Crippen molar-refractivity contribution < 1.29 is 14.3 Å². The number of fused-ring (bicyclic) bond motifs is 1. The Morgan fingerprint density at radius 2 is 1.97 bits per heavy atom. The van der Waals surface area contributed by atoms with Gasteiger partial charge in [-0.2, -0.15) is 5.26 Å². The predicted molar refractivity (Wildman–Crippen MR) is 109 cm³/mol. The number of methoxy groups -OCH3 is 1. The number of hydrogen-bond donors (Lipinski definition) is 1. The van der Waals surface area contributed by atoms with Gasteiger partial charge in [-0.05, 0) is 41.5 Å². The highest BCUT2D eigenvalue weighted by Crippen LogP contribution is 2.21. The van der Waals surface area contributed by atoms with Gasteiger partial charge in [0.1, 0.15) is 0 Å². The van der Waals surface area contributed by atoms with Gasteiger partial charge >= 0.3 is 5.97 Å². The van der Waals surface area contributed by atoms with Crippen molar-refractivity contribution in [2.24, 2.45) is 0 Å². The molecule has 1 unspecified atom stereocenters. The van der Waals surface area contributed by atoms with Gasteiger partial charge in [0.05, 0.1) is 36.7 Å². The summed E-state index contributed by atoms with van der Waals surface area (Å²) in [6.45, 7) is 0. The van der Waals surface area contributed by atoms with Gasteiger partial charge in [0.25, 0.3) is 0 Å². The van der Waals surface area contributed by atoms with E-state index in [1.165, 1.54) is 13.2 Å². The van der Waals surface area contributed by atoms with Crippen LogP contribution in [-0.4, -0.2) is 24.0 Å². The van der Waals surface area contributed by atoms with Gasteiger partial charge in [0.2, 0.25) is 5.91 Å². The number of rotatable bonds is 6. The van der Waals surface area contributed by atoms with E-state index in [-0.39, 0.29) is 12.3 Å². The van der Waals surface area contributed by atoms with E-state index < -0.39 is 12.0 Å². The zero-order valence-electron chi connectivity index (χ0n) is 15.8. The van der Waals surface area contributed by atoms with E-state index >= 15 is 0 Å². The number of ether oxygens (including phenoxy) is 1. The molecule has 6 nitrogen and oxygen atoms in total. The van der Waals surface area contributed by atoms with Gasteiger partial charge < -0.3 is 10.1 Å². The maximum atomic E-state index is 12.4. The first-order valence-electron chi connectivity index (χ1n) is 8.99. The third-order valence-electron chi connectivity index (χ3n) is 4.40. The van der Waals surface area contributed by atoms with Crippen molar-refractivity contribution in [2.45, 2.75) is 12.5 Å². The van der Waals surface area contributed by atoms with Gasteiger partial charge in [-0.3, -0.25) is 14.6 Å². The number of amides is 1. The van der Waals surface area contributed by atoms with Crippen LogP contribution in [0.15, 0.2) is 66.9 Å². The van der Waals surface area contributed by atoms with Crippen LogP contribution >= 0.6 is 0 Å². The molecule has 1 heterocycles. The standard InChI is InChI=1S/C23H19N3O3/c1-29-23(28)13-21(19-12-18-4-2-3-5-20(18)25-15-19)26-22(27)11-10-16-6-8-17(14-24)9-7-16/h2-12,15,21H,13H2,1H3,(H,26,27)/b11-10+. The van der Waals surface area contributed by atoms with Crippen LogP contribution in [0.5, 0.6) is 0 Å². The van der Waals surface area contributed by atoms with E-state index in [2.05, 4.69) is 10.3 Å². The third-order valence-corrected chi connectivity index (χ3v) is 4.40. The van der Waals surface area contributed by atoms with Gasteiger partial charge in [-0.1, -0.05) is 30.3 Å². The summed E-state index contributed by atoms with van der Waals surface area (Å²) in [4.78, 5) is 28.7. The molecule has 1 amide bonds. The van der Waals surface area contributed by atoms with Crippen molar-refractivity contribution >= 4 is 28.9 Å². The predicted octanol–water partition coefficient (Wildman–Crippen LogP) is 3.54. The normalized spacial score (nSPS) is 11.7. The van der Waals surface area contributed by atoms with E-state index in [0.717, 1.165) is 16.5 Å². The molecule has 0 aliphatic carbocycles. The van der Waals surface area contributed by atoms with Crippen LogP contribution < -0.4 is 5.32 Å². The summed E-state index contributed by atoms with van der Waals surface area (Å²) in [5.74, 6) is -0.782. The zero-order chi connectivity index (χ0) is 20.6. The van der Waals surface area contributed by atoms with Gasteiger partial charge in [-0.25, -0.2) is 0 Å². The summed E-state index contributed by atoms with van der Waals surface area (Å²) in [5.41, 5.74) is 2.89. The number of para-hydroxylation sites is 1. The van der Waals surface area contributed by atoms with Crippen LogP contribution in [0.3, 0.4) is 0 Å². The molecule has 1 aromatic heterocycles. The van der Waals surface area contributed by atoms with Crippen LogP contribution in [-0.2, 0) is 14.3 Å². The van der Waals surface area contributed by atoms with Crippen LogP contribution in [0.4, 0.5) is 0 Å². The van der Waals surface area contributed by atoms with E-state index in [9.17, 15) is 9.59 Å². The highest BCUT2D eigenvalue weighted by Gasteiger charge is 2.19. The van der Waals surface area contributed by atoms with Crippen molar-refractivity contribution in [3.05, 3.63) is 83.6 Å². The van der Waals surface area contributed by atoms with E-state index in [1.807, 2.05) is 36.4 Å². The number of aromatic nitrogens is 1. The summed E-state index contributed by atoms with van der Waals surface area (Å²) < 4.78 is 4.77. The maximum absolute atomic E-state index is 12.4. The first kappa shape index (κ1) is 19.8. The number of hydrogen-bond acceptors (Lipinski definition) is 5. The molecule has 2 aromatic carbocycles. The minimum Gasteiger partial charge on any atom is -0.469 e. The molecule has 0 bridgehead atoms. The molecule has 144 valence electrons. The molecule has 6 heteroatoms. The monoisotopic (exact) mass is 385 g/mol. The lowest BCUT2D eigenvalue weighted by molar-refractivity contribution is -0.141. The number of benzene rings is 2. The summed E-state index contributed by atoms with van der Waals surface area (Å²) in [7, 11) is 1.31. The highest BCUT2D eigenvalue weighted by molar-refractivity contribution is 5.92. The van der Waals surface area contributed by atoms with Crippen LogP contribution in [0.2, 0.25) is 0 Å². The first-order valence-corrected chi connectivity index (χ1v) is 8.99. The molecule has 1 N–H and O–H groups in total. The number of carbonyl (C=O) groups is 2. The quantitative estimate of drug-likeness (QED) is 0.518. The Kier molecular flexibility index (Phi) is 6.33. The van der Waals surface area contributed by atoms with Crippen molar-refractivity contribution in [3.8, 4) is 6.07 Å². The molecule has 3 rings (SSSR count). The van der Waals surface area contributed by atoms with Crippen LogP contribution in [0.1, 0.15) is 29.2 Å². The molecule has 1 atom stereocenters. The number of nitrogens with one attached hydrogen (secondary N) is 1. The Morgan fingerprint density at radius 1 is 1.21 bits per heavy atom. The summed E-state index contributed by atoms with van der Waals surface area (Å²) >= 11 is 0. The fourth-order valence-corrected chi connectivity index (χ4v) is 2.84. The van der Waals surface area contributed by atoms with E-state index in [4.69, 9.17) is 10.00 Å². The SMILES string of the molecule is COC(=O)CC(NC(=O)/C=C/c1ccc(C#N)cc1)c1cnc2ccccc2c1. The Bertz CT molecular complexity index is 1100. The molecule has 0 aliphatic heterocycles. The minimum absolute atomic E-state index is 0.00698. The lowest BCUT2D eigenvalue weighted by Crippen LogP contribution is -2.29. The number of pyridine rings is 1. The van der Waals surface area contributed by atoms with Crippen molar-refractivity contribution in [1.29, 1.82) is 5.26 Å². The number of nitrogens with zero attached hydrogens (tertiary/aromatic N) is 2. The lowest BCUT2D eigenvalue weighted by Gasteiger charge is -2.17. The molecule has 0 fully saturated rings. The molecule has 0 aliphatic rings. The molecule has 0 radical (unpaired) electrons. The minimum atomic E-state index is -0.572. The van der Waals surface area contributed by atoms with Crippen molar-refractivity contribution in [3.63, 3.8) is 0 Å². The number of nitriles is 1. The average Bonchev–Trinajstić information content (AvgIpc) is 2.77. The Balaban J connectivity index is 1.78. The largest absolute Gasteiger partial charge is 0.469 e. The fourth-order valence-electron chi connectivity index (χ4n) is 2.84. The van der Waals surface area contributed by atoms with E-state index in [0.29, 0.717) is 11.1 Å². The first-order chi connectivity index (χ1) is 14.1. The summed E-state index contributed by atoms with van der Waals surface area (Å²) in [5, 5.41) is 12.6. The highest BCUT2D eigenvalue weighted by atomic mass is 16.5. The Hall–Kier alpha value is -3.98. The van der Waals surface area contributed by atoms with Crippen molar-refractivity contribution in [2.75, 3.05) is 7.11 Å². The molecule has 0 saturated heterocycles. The second-order valence-corrected chi connectivity index (χ2v) is 6.37. The Morgan fingerprint density at radius 3 is 2.69 bits per heavy atom. The van der Waals surface area contributed by atoms with Gasteiger partial charge in [0, 0.05) is 17.7 Å².